The van der Waals surface area contributed by atoms with Crippen LogP contribution in [0.4, 0.5) is 22.0 Å². The molecule has 1 nitrogen and oxygen atoms in total. The van der Waals surface area contributed by atoms with E-state index in [1.54, 1.807) is 6.92 Å². The van der Waals surface area contributed by atoms with Gasteiger partial charge in [-0.2, -0.15) is 22.0 Å². The first-order valence-corrected chi connectivity index (χ1v) is 5.78. The molecule has 7 heteroatoms. The summed E-state index contributed by atoms with van der Waals surface area (Å²) < 4.78 is 64.3. The van der Waals surface area contributed by atoms with Crippen LogP contribution in [0.25, 0.3) is 0 Å². The minimum atomic E-state index is -5.62. The van der Waals surface area contributed by atoms with Crippen LogP contribution in [0.1, 0.15) is 22.7 Å². The van der Waals surface area contributed by atoms with Gasteiger partial charge in [0.25, 0.3) is 0 Å². The maximum absolute atomic E-state index is 13.5. The summed E-state index contributed by atoms with van der Waals surface area (Å²) >= 11 is 5.81. The standard InChI is InChI=1S/C12H13ClF5N/c1-6-5-9(13)7(2)4-8(6)10(19-3)11(14,15)12(16,17)18/h4-5,10,19H,1-3H3. The molecule has 1 rings (SSSR count). The second-order valence-corrected chi connectivity index (χ2v) is 4.71. The predicted octanol–water partition coefficient (Wildman–Crippen LogP) is 4.41. The molecule has 0 spiro atoms. The summed E-state index contributed by atoms with van der Waals surface area (Å²) in [6, 6.07) is 0.477. The zero-order valence-corrected chi connectivity index (χ0v) is 11.3. The van der Waals surface area contributed by atoms with Crippen molar-refractivity contribution < 1.29 is 22.0 Å². The molecule has 0 saturated heterocycles. The molecule has 0 radical (unpaired) electrons. The smallest absolute Gasteiger partial charge is 0.308 e. The molecule has 0 aromatic heterocycles. The summed E-state index contributed by atoms with van der Waals surface area (Å²) in [5.74, 6) is -4.87. The van der Waals surface area contributed by atoms with Crippen molar-refractivity contribution in [3.8, 4) is 0 Å². The Morgan fingerprint density at radius 1 is 1.05 bits per heavy atom. The van der Waals surface area contributed by atoms with E-state index in [4.69, 9.17) is 11.6 Å². The summed E-state index contributed by atoms with van der Waals surface area (Å²) in [4.78, 5) is 0. The molecule has 0 aliphatic rings. The Bertz CT molecular complexity index is 470. The molecule has 1 N–H and O–H groups in total. The third kappa shape index (κ3) is 3.00. The normalized spacial score (nSPS) is 14.6. The lowest BCUT2D eigenvalue weighted by molar-refractivity contribution is -0.294. The van der Waals surface area contributed by atoms with E-state index in [1.165, 1.54) is 19.1 Å². The lowest BCUT2D eigenvalue weighted by atomic mass is 9.94. The monoisotopic (exact) mass is 301 g/mol. The van der Waals surface area contributed by atoms with Crippen molar-refractivity contribution in [1.29, 1.82) is 0 Å². The van der Waals surface area contributed by atoms with E-state index < -0.39 is 18.1 Å². The number of hydrogen-bond acceptors (Lipinski definition) is 1. The molecule has 1 aromatic carbocycles. The number of halogens is 6. The highest BCUT2D eigenvalue weighted by Gasteiger charge is 2.62. The van der Waals surface area contributed by atoms with Gasteiger partial charge in [0.05, 0.1) is 0 Å². The number of hydrogen-bond donors (Lipinski definition) is 1. The second-order valence-electron chi connectivity index (χ2n) is 4.30. The lowest BCUT2D eigenvalue weighted by Gasteiger charge is -2.30. The highest BCUT2D eigenvalue weighted by atomic mass is 35.5. The Labute approximate surface area is 112 Å². The maximum atomic E-state index is 13.5. The van der Waals surface area contributed by atoms with Gasteiger partial charge in [0, 0.05) is 5.02 Å². The Kier molecular flexibility index (Phi) is 4.47. The largest absolute Gasteiger partial charge is 0.455 e. The van der Waals surface area contributed by atoms with E-state index in [-0.39, 0.29) is 11.1 Å². The van der Waals surface area contributed by atoms with Crippen LogP contribution in [0.5, 0.6) is 0 Å². The van der Waals surface area contributed by atoms with E-state index in [2.05, 4.69) is 0 Å². The molecule has 0 bridgehead atoms. The topological polar surface area (TPSA) is 12.0 Å². The molecule has 0 heterocycles. The van der Waals surface area contributed by atoms with Crippen LogP contribution in [-0.2, 0) is 0 Å². The van der Waals surface area contributed by atoms with Gasteiger partial charge < -0.3 is 5.32 Å². The van der Waals surface area contributed by atoms with Crippen molar-refractivity contribution in [1.82, 2.24) is 5.32 Å². The Morgan fingerprint density at radius 3 is 2.00 bits per heavy atom. The molecule has 1 atom stereocenters. The number of nitrogens with one attached hydrogen (secondary N) is 1. The van der Waals surface area contributed by atoms with Crippen LogP contribution >= 0.6 is 11.6 Å². The number of benzene rings is 1. The summed E-state index contributed by atoms with van der Waals surface area (Å²) in [6.07, 6.45) is -5.62. The average Bonchev–Trinajstić information content (AvgIpc) is 2.24. The fraction of sp³-hybridized carbons (Fsp3) is 0.500. The summed E-state index contributed by atoms with van der Waals surface area (Å²) in [5.41, 5.74) is 0.603. The maximum Gasteiger partial charge on any atom is 0.455 e. The molecule has 1 unspecified atom stereocenters. The van der Waals surface area contributed by atoms with Gasteiger partial charge in [0.2, 0.25) is 0 Å². The quantitative estimate of drug-likeness (QED) is 0.815. The van der Waals surface area contributed by atoms with Crippen LogP contribution in [0.2, 0.25) is 5.02 Å². The fourth-order valence-corrected chi connectivity index (χ4v) is 2.03. The Hall–Kier alpha value is -0.880. The van der Waals surface area contributed by atoms with Gasteiger partial charge in [-0.05, 0) is 43.7 Å². The van der Waals surface area contributed by atoms with Crippen molar-refractivity contribution in [3.63, 3.8) is 0 Å². The van der Waals surface area contributed by atoms with Gasteiger partial charge in [0.15, 0.2) is 0 Å². The SMILES string of the molecule is CNC(c1cc(C)c(Cl)cc1C)C(F)(F)C(F)(F)F. The van der Waals surface area contributed by atoms with Crippen molar-refractivity contribution in [2.75, 3.05) is 7.05 Å². The van der Waals surface area contributed by atoms with Crippen molar-refractivity contribution >= 4 is 11.6 Å². The molecule has 0 aliphatic heterocycles. The van der Waals surface area contributed by atoms with Gasteiger partial charge in [-0.1, -0.05) is 17.7 Å². The third-order valence-corrected chi connectivity index (χ3v) is 3.29. The first-order valence-electron chi connectivity index (χ1n) is 5.40. The first-order chi connectivity index (χ1) is 8.52. The second kappa shape index (κ2) is 5.25. The minimum absolute atomic E-state index is 0.119. The number of rotatable bonds is 3. The van der Waals surface area contributed by atoms with Gasteiger partial charge in [-0.3, -0.25) is 0 Å². The third-order valence-electron chi connectivity index (χ3n) is 2.89. The van der Waals surface area contributed by atoms with E-state index >= 15 is 0 Å². The first kappa shape index (κ1) is 16.2. The van der Waals surface area contributed by atoms with Gasteiger partial charge in [0.1, 0.15) is 6.04 Å². The molecule has 0 fully saturated rings. The Balaban J connectivity index is 3.37. The van der Waals surface area contributed by atoms with Crippen LogP contribution in [-0.4, -0.2) is 19.1 Å². The van der Waals surface area contributed by atoms with E-state index in [0.29, 0.717) is 10.6 Å². The summed E-state index contributed by atoms with van der Waals surface area (Å²) in [5, 5.41) is 2.36. The van der Waals surface area contributed by atoms with Gasteiger partial charge >= 0.3 is 12.1 Å². The summed E-state index contributed by atoms with van der Waals surface area (Å²) in [6.45, 7) is 2.99. The van der Waals surface area contributed by atoms with Gasteiger partial charge in [-0.25, -0.2) is 0 Å². The fourth-order valence-electron chi connectivity index (χ4n) is 1.81. The highest BCUT2D eigenvalue weighted by molar-refractivity contribution is 6.31. The zero-order chi connectivity index (χ0) is 15.0. The predicted molar refractivity (Wildman–Crippen MR) is 63.7 cm³/mol. The van der Waals surface area contributed by atoms with E-state index in [0.717, 1.165) is 7.05 Å². The Morgan fingerprint density at radius 2 is 1.58 bits per heavy atom. The molecule has 19 heavy (non-hydrogen) atoms. The average molecular weight is 302 g/mol. The van der Waals surface area contributed by atoms with E-state index in [9.17, 15) is 22.0 Å². The summed E-state index contributed by atoms with van der Waals surface area (Å²) in [7, 11) is 1.06. The van der Waals surface area contributed by atoms with Crippen LogP contribution in [0.3, 0.4) is 0 Å². The number of alkyl halides is 5. The molecular weight excluding hydrogens is 289 g/mol. The molecule has 1 aromatic rings. The van der Waals surface area contributed by atoms with Crippen molar-refractivity contribution in [3.05, 3.63) is 33.8 Å². The van der Waals surface area contributed by atoms with Gasteiger partial charge in [-0.15, -0.1) is 0 Å². The van der Waals surface area contributed by atoms with Crippen LogP contribution in [0.15, 0.2) is 12.1 Å². The van der Waals surface area contributed by atoms with E-state index in [1.807, 2.05) is 5.32 Å². The van der Waals surface area contributed by atoms with Crippen LogP contribution < -0.4 is 5.32 Å². The molecule has 0 saturated carbocycles. The lowest BCUT2D eigenvalue weighted by Crippen LogP contribution is -2.47. The molecular formula is C12H13ClF5N. The van der Waals surface area contributed by atoms with Crippen molar-refractivity contribution in [2.24, 2.45) is 0 Å². The minimum Gasteiger partial charge on any atom is -0.308 e. The molecule has 0 aliphatic carbocycles. The zero-order valence-electron chi connectivity index (χ0n) is 10.5. The number of aryl methyl sites for hydroxylation is 2. The molecule has 108 valence electrons. The highest BCUT2D eigenvalue weighted by Crippen LogP contribution is 2.45. The van der Waals surface area contributed by atoms with Crippen LogP contribution in [0, 0.1) is 13.8 Å². The van der Waals surface area contributed by atoms with Crippen molar-refractivity contribution in [2.45, 2.75) is 32.0 Å². The molecule has 0 amide bonds.